The van der Waals surface area contributed by atoms with E-state index in [-0.39, 0.29) is 5.91 Å². The molecule has 6 heteroatoms. The van der Waals surface area contributed by atoms with E-state index in [0.717, 1.165) is 45.5 Å². The molecule has 5 rings (SSSR count). The van der Waals surface area contributed by atoms with Crippen LogP contribution < -0.4 is 10.1 Å². The number of carbonyl (C=O) groups is 1. The molecule has 0 unspecified atom stereocenters. The number of aromatic nitrogens is 2. The average molecular weight is 402 g/mol. The molecule has 4 aromatic rings. The van der Waals surface area contributed by atoms with Crippen molar-refractivity contribution in [2.45, 2.75) is 19.8 Å². The van der Waals surface area contributed by atoms with E-state index in [1.807, 2.05) is 49.4 Å². The maximum Gasteiger partial charge on any atom is 0.272 e. The monoisotopic (exact) mass is 402 g/mol. The minimum Gasteiger partial charge on any atom is -0.492 e. The third-order valence-electron chi connectivity index (χ3n) is 5.73. The van der Waals surface area contributed by atoms with Crippen molar-refractivity contribution in [1.82, 2.24) is 14.9 Å². The third kappa shape index (κ3) is 3.91. The van der Waals surface area contributed by atoms with Crippen LogP contribution in [0.4, 0.5) is 5.69 Å². The fraction of sp³-hybridized carbons (Fsp3) is 0.292. The SMILES string of the molecule is Cc1cc2cc(NC(=O)c3cc4cc(OCCN5CCCC5)ccc4[nH]3)ccc2[nH]1. The first-order chi connectivity index (χ1) is 14.6. The Morgan fingerprint density at radius 2 is 1.77 bits per heavy atom. The predicted octanol–water partition coefficient (Wildman–Crippen LogP) is 4.68. The van der Waals surface area contributed by atoms with E-state index in [1.54, 1.807) is 0 Å². The highest BCUT2D eigenvalue weighted by Gasteiger charge is 2.13. The molecule has 3 N–H and O–H groups in total. The number of likely N-dealkylation sites (tertiary alicyclic amines) is 1. The first kappa shape index (κ1) is 18.8. The highest BCUT2D eigenvalue weighted by Crippen LogP contribution is 2.24. The van der Waals surface area contributed by atoms with Crippen LogP contribution in [0.2, 0.25) is 0 Å². The summed E-state index contributed by atoms with van der Waals surface area (Å²) in [7, 11) is 0. The molecule has 3 heterocycles. The van der Waals surface area contributed by atoms with Crippen LogP contribution in [0, 0.1) is 6.92 Å². The van der Waals surface area contributed by atoms with Gasteiger partial charge in [0, 0.05) is 39.7 Å². The Kier molecular flexibility index (Phi) is 4.93. The summed E-state index contributed by atoms with van der Waals surface area (Å²) in [6, 6.07) is 15.7. The van der Waals surface area contributed by atoms with Gasteiger partial charge in [-0.15, -0.1) is 0 Å². The second-order valence-electron chi connectivity index (χ2n) is 8.04. The third-order valence-corrected chi connectivity index (χ3v) is 5.73. The molecule has 2 aromatic carbocycles. The molecule has 1 aliphatic heterocycles. The zero-order valence-corrected chi connectivity index (χ0v) is 17.1. The predicted molar refractivity (Wildman–Crippen MR) is 120 cm³/mol. The summed E-state index contributed by atoms with van der Waals surface area (Å²) >= 11 is 0. The molecular formula is C24H26N4O2. The number of aryl methyl sites for hydroxylation is 1. The molecule has 30 heavy (non-hydrogen) atoms. The van der Waals surface area contributed by atoms with Gasteiger partial charge in [-0.2, -0.15) is 0 Å². The molecule has 1 aliphatic rings. The number of hydrogen-bond acceptors (Lipinski definition) is 3. The molecule has 0 bridgehead atoms. The molecule has 2 aromatic heterocycles. The van der Waals surface area contributed by atoms with Gasteiger partial charge in [0.05, 0.1) is 0 Å². The van der Waals surface area contributed by atoms with E-state index in [1.165, 1.54) is 25.9 Å². The van der Waals surface area contributed by atoms with E-state index in [9.17, 15) is 4.79 Å². The lowest BCUT2D eigenvalue weighted by Crippen LogP contribution is -2.25. The fourth-order valence-electron chi connectivity index (χ4n) is 4.18. The minimum atomic E-state index is -0.158. The van der Waals surface area contributed by atoms with Gasteiger partial charge in [0.15, 0.2) is 0 Å². The zero-order valence-electron chi connectivity index (χ0n) is 17.1. The number of hydrogen-bond donors (Lipinski definition) is 3. The van der Waals surface area contributed by atoms with Crippen LogP contribution in [0.3, 0.4) is 0 Å². The Labute approximate surface area is 175 Å². The second kappa shape index (κ2) is 7.88. The van der Waals surface area contributed by atoms with Gasteiger partial charge < -0.3 is 20.0 Å². The van der Waals surface area contributed by atoms with Crippen LogP contribution >= 0.6 is 0 Å². The van der Waals surface area contributed by atoms with Gasteiger partial charge >= 0.3 is 0 Å². The summed E-state index contributed by atoms with van der Waals surface area (Å²) in [5.74, 6) is 0.676. The molecule has 0 atom stereocenters. The second-order valence-corrected chi connectivity index (χ2v) is 8.04. The number of nitrogens with zero attached hydrogens (tertiary/aromatic N) is 1. The molecule has 0 saturated carbocycles. The van der Waals surface area contributed by atoms with E-state index in [0.29, 0.717) is 12.3 Å². The Morgan fingerprint density at radius 1 is 1.00 bits per heavy atom. The van der Waals surface area contributed by atoms with Crippen molar-refractivity contribution < 1.29 is 9.53 Å². The maximum absolute atomic E-state index is 12.7. The highest BCUT2D eigenvalue weighted by atomic mass is 16.5. The summed E-state index contributed by atoms with van der Waals surface area (Å²) < 4.78 is 5.93. The number of benzene rings is 2. The summed E-state index contributed by atoms with van der Waals surface area (Å²) in [5, 5.41) is 5.03. The lowest BCUT2D eigenvalue weighted by Gasteiger charge is -2.14. The largest absolute Gasteiger partial charge is 0.492 e. The minimum absolute atomic E-state index is 0.158. The Bertz CT molecular complexity index is 1200. The summed E-state index contributed by atoms with van der Waals surface area (Å²) in [6.07, 6.45) is 2.58. The van der Waals surface area contributed by atoms with E-state index in [4.69, 9.17) is 4.74 Å². The van der Waals surface area contributed by atoms with Crippen LogP contribution in [0.15, 0.2) is 48.5 Å². The van der Waals surface area contributed by atoms with Gasteiger partial charge in [0.1, 0.15) is 18.1 Å². The number of aromatic amines is 2. The first-order valence-electron chi connectivity index (χ1n) is 10.5. The number of rotatable bonds is 6. The Balaban J connectivity index is 1.26. The lowest BCUT2D eigenvalue weighted by atomic mass is 10.2. The molecule has 0 spiro atoms. The van der Waals surface area contributed by atoms with Crippen LogP contribution in [-0.2, 0) is 0 Å². The highest BCUT2D eigenvalue weighted by molar-refractivity contribution is 6.06. The van der Waals surface area contributed by atoms with Crippen molar-refractivity contribution in [2.75, 3.05) is 31.6 Å². The number of ether oxygens (including phenoxy) is 1. The molecule has 0 radical (unpaired) electrons. The standard InChI is InChI=1S/C24H26N4O2/c1-16-12-17-13-19(4-6-21(17)25-16)26-24(29)23-15-18-14-20(5-7-22(18)27-23)30-11-10-28-8-2-3-9-28/h4-7,12-15,25,27H,2-3,8-11H2,1H3,(H,26,29). The number of carbonyl (C=O) groups excluding carboxylic acids is 1. The van der Waals surface area contributed by atoms with E-state index >= 15 is 0 Å². The maximum atomic E-state index is 12.7. The topological polar surface area (TPSA) is 73.2 Å². The first-order valence-corrected chi connectivity index (χ1v) is 10.5. The number of fused-ring (bicyclic) bond motifs is 2. The van der Waals surface area contributed by atoms with Crippen molar-refractivity contribution >= 4 is 33.4 Å². The van der Waals surface area contributed by atoms with Gasteiger partial charge in [0.25, 0.3) is 5.91 Å². The van der Waals surface area contributed by atoms with Crippen LogP contribution in [0.5, 0.6) is 5.75 Å². The lowest BCUT2D eigenvalue weighted by molar-refractivity contribution is 0.102. The normalized spacial score (nSPS) is 14.6. The quantitative estimate of drug-likeness (QED) is 0.438. The van der Waals surface area contributed by atoms with E-state index in [2.05, 4.69) is 26.3 Å². The Morgan fingerprint density at radius 3 is 2.63 bits per heavy atom. The summed E-state index contributed by atoms with van der Waals surface area (Å²) in [4.78, 5) is 21.7. The average Bonchev–Trinajstić information content (AvgIpc) is 3.46. The fourth-order valence-corrected chi connectivity index (χ4v) is 4.18. The number of anilines is 1. The molecule has 154 valence electrons. The summed E-state index contributed by atoms with van der Waals surface area (Å²) in [6.45, 7) is 6.02. The van der Waals surface area contributed by atoms with Crippen LogP contribution in [0.1, 0.15) is 29.0 Å². The number of amides is 1. The molecule has 1 saturated heterocycles. The van der Waals surface area contributed by atoms with Crippen molar-refractivity contribution in [3.8, 4) is 5.75 Å². The smallest absolute Gasteiger partial charge is 0.272 e. The number of nitrogens with one attached hydrogen (secondary N) is 3. The van der Waals surface area contributed by atoms with Crippen molar-refractivity contribution in [1.29, 1.82) is 0 Å². The molecule has 1 fully saturated rings. The van der Waals surface area contributed by atoms with Gasteiger partial charge in [-0.25, -0.2) is 0 Å². The molecule has 0 aliphatic carbocycles. The van der Waals surface area contributed by atoms with Crippen LogP contribution in [0.25, 0.3) is 21.8 Å². The molecular weight excluding hydrogens is 376 g/mol. The van der Waals surface area contributed by atoms with Gasteiger partial charge in [-0.1, -0.05) is 0 Å². The van der Waals surface area contributed by atoms with Gasteiger partial charge in [0.2, 0.25) is 0 Å². The zero-order chi connectivity index (χ0) is 20.5. The van der Waals surface area contributed by atoms with Crippen molar-refractivity contribution in [2.24, 2.45) is 0 Å². The van der Waals surface area contributed by atoms with Gasteiger partial charge in [-0.05, 0) is 81.4 Å². The molecule has 6 nitrogen and oxygen atoms in total. The van der Waals surface area contributed by atoms with Crippen LogP contribution in [-0.4, -0.2) is 47.0 Å². The van der Waals surface area contributed by atoms with Crippen molar-refractivity contribution in [3.05, 3.63) is 59.9 Å². The Hall–Kier alpha value is -3.25. The molecule has 1 amide bonds. The number of H-pyrrole nitrogens is 2. The summed E-state index contributed by atoms with van der Waals surface area (Å²) in [5.41, 5.74) is 4.39. The van der Waals surface area contributed by atoms with E-state index < -0.39 is 0 Å². The van der Waals surface area contributed by atoms with Gasteiger partial charge in [-0.3, -0.25) is 9.69 Å². The van der Waals surface area contributed by atoms with Crippen molar-refractivity contribution in [3.63, 3.8) is 0 Å².